The van der Waals surface area contributed by atoms with Crippen molar-refractivity contribution in [3.8, 4) is 0 Å². The van der Waals surface area contributed by atoms with E-state index in [2.05, 4.69) is 18.1 Å². The molecule has 3 heteroatoms. The summed E-state index contributed by atoms with van der Waals surface area (Å²) in [5, 5.41) is 0. The molecule has 0 aliphatic heterocycles. The van der Waals surface area contributed by atoms with E-state index in [1.807, 2.05) is 24.6 Å². The number of aryl methyl sites for hydroxylation is 1. The maximum atomic E-state index is 3.73. The van der Waals surface area contributed by atoms with E-state index >= 15 is 0 Å². The summed E-state index contributed by atoms with van der Waals surface area (Å²) >= 11 is 0. The fourth-order valence-corrected chi connectivity index (χ4v) is 0.421. The van der Waals surface area contributed by atoms with Gasteiger partial charge in [0, 0.05) is 6.54 Å². The minimum absolute atomic E-state index is 0. The van der Waals surface area contributed by atoms with E-state index in [4.69, 9.17) is 0 Å². The molecule has 0 spiro atoms. The first-order chi connectivity index (χ1) is 4.43. The van der Waals surface area contributed by atoms with Gasteiger partial charge in [0.2, 0.25) is 0 Å². The minimum atomic E-state index is 0. The van der Waals surface area contributed by atoms with Gasteiger partial charge in [-0.05, 0) is 6.92 Å². The smallest absolute Gasteiger partial charge is 0.442 e. The van der Waals surface area contributed by atoms with Crippen molar-refractivity contribution in [3.05, 3.63) is 18.7 Å². The van der Waals surface area contributed by atoms with Crippen LogP contribution in [0.15, 0.2) is 12.5 Å². The normalized spacial score (nSPS) is 7.10. The zero-order valence-corrected chi connectivity index (χ0v) is 12.2. The van der Waals surface area contributed by atoms with Gasteiger partial charge < -0.3 is 9.55 Å². The van der Waals surface area contributed by atoms with Gasteiger partial charge in [-0.3, -0.25) is 0 Å². The number of aromatic nitrogens is 2. The molecule has 1 heterocycles. The van der Waals surface area contributed by atoms with Crippen LogP contribution >= 0.6 is 0 Å². The first-order valence-corrected chi connectivity index (χ1v) is 3.31. The molecular weight excluding hydrogens is 198 g/mol. The third-order valence-corrected chi connectivity index (χ3v) is 0.869. The van der Waals surface area contributed by atoms with Gasteiger partial charge in [0.25, 0.3) is 0 Å². The molecule has 0 saturated heterocycles. The Balaban J connectivity index is 0. The van der Waals surface area contributed by atoms with E-state index in [1.165, 1.54) is 0 Å². The van der Waals surface area contributed by atoms with E-state index < -0.39 is 0 Å². The monoisotopic (exact) mass is 210 g/mol. The van der Waals surface area contributed by atoms with Gasteiger partial charge in [0.15, 0.2) is 0 Å². The quantitative estimate of drug-likeness (QED) is 0.529. The Morgan fingerprint density at radius 2 is 2.10 bits per heavy atom. The second-order valence-corrected chi connectivity index (χ2v) is 1.33. The van der Waals surface area contributed by atoms with Crippen LogP contribution in [-0.2, 0) is 6.54 Å². The Bertz CT molecular complexity index is 126. The molecule has 0 bridgehead atoms. The van der Waals surface area contributed by atoms with Crippen molar-refractivity contribution < 1.29 is 58.2 Å². The maximum absolute atomic E-state index is 3.73. The zero-order valence-electron chi connectivity index (χ0n) is 7.26. The van der Waals surface area contributed by atoms with Crippen LogP contribution in [0.25, 0.3) is 0 Å². The predicted octanol–water partition coefficient (Wildman–Crippen LogP) is -1.27. The first kappa shape index (κ1) is 13.6. The van der Waals surface area contributed by atoms with Gasteiger partial charge in [-0.1, -0.05) is 26.4 Å². The molecule has 1 aromatic heterocycles. The van der Waals surface area contributed by atoms with Crippen LogP contribution in [0.2, 0.25) is 0 Å². The van der Waals surface area contributed by atoms with E-state index in [0.29, 0.717) is 0 Å². The molecule has 0 amide bonds. The Kier molecular flexibility index (Phi) is 13.6. The SMILES string of the molecule is CC.CCn1c[c-]nc1.[Rb+]. The molecule has 0 atom stereocenters. The zero-order chi connectivity index (χ0) is 7.11. The molecule has 0 aromatic carbocycles. The van der Waals surface area contributed by atoms with Gasteiger partial charge in [0.05, 0.1) is 0 Å². The largest absolute Gasteiger partial charge is 1.00 e. The molecule has 2 nitrogen and oxygen atoms in total. The first-order valence-electron chi connectivity index (χ1n) is 3.31. The summed E-state index contributed by atoms with van der Waals surface area (Å²) < 4.78 is 1.96. The van der Waals surface area contributed by atoms with Crippen LogP contribution in [0.5, 0.6) is 0 Å². The number of rotatable bonds is 1. The van der Waals surface area contributed by atoms with Gasteiger partial charge in [0.1, 0.15) is 0 Å². The van der Waals surface area contributed by atoms with E-state index in [-0.39, 0.29) is 58.2 Å². The molecular formula is C7H13N2Rb. The third kappa shape index (κ3) is 5.77. The van der Waals surface area contributed by atoms with Gasteiger partial charge in [-0.2, -0.15) is 0 Å². The van der Waals surface area contributed by atoms with E-state index in [9.17, 15) is 0 Å². The Hall–Kier alpha value is 1.02. The van der Waals surface area contributed by atoms with Crippen molar-refractivity contribution in [2.24, 2.45) is 0 Å². The van der Waals surface area contributed by atoms with Crippen LogP contribution in [0.1, 0.15) is 20.8 Å². The number of nitrogens with zero attached hydrogens (tertiary/aromatic N) is 2. The molecule has 1 rings (SSSR count). The predicted molar refractivity (Wildman–Crippen MR) is 38.1 cm³/mol. The second kappa shape index (κ2) is 10.0. The topological polar surface area (TPSA) is 17.8 Å². The molecule has 10 heavy (non-hydrogen) atoms. The van der Waals surface area contributed by atoms with Crippen LogP contribution in [0.4, 0.5) is 0 Å². The molecule has 0 radical (unpaired) electrons. The summed E-state index contributed by atoms with van der Waals surface area (Å²) in [5.41, 5.74) is 0. The van der Waals surface area contributed by atoms with Crippen molar-refractivity contribution in [1.29, 1.82) is 0 Å². The average Bonchev–Trinajstić information content (AvgIpc) is 2.43. The molecule has 52 valence electrons. The second-order valence-electron chi connectivity index (χ2n) is 1.33. The molecule has 0 N–H and O–H groups in total. The summed E-state index contributed by atoms with van der Waals surface area (Å²) in [6, 6.07) is 0. The molecule has 1 aromatic rings. The van der Waals surface area contributed by atoms with Crippen molar-refractivity contribution in [1.82, 2.24) is 9.55 Å². The molecule has 0 fully saturated rings. The van der Waals surface area contributed by atoms with Gasteiger partial charge in [-0.25, -0.2) is 0 Å². The number of hydrogen-bond acceptors (Lipinski definition) is 1. The van der Waals surface area contributed by atoms with Crippen molar-refractivity contribution in [3.63, 3.8) is 0 Å². The van der Waals surface area contributed by atoms with Crippen molar-refractivity contribution >= 4 is 0 Å². The summed E-state index contributed by atoms with van der Waals surface area (Å²) in [4.78, 5) is 3.73. The fraction of sp³-hybridized carbons (Fsp3) is 0.571. The third-order valence-electron chi connectivity index (χ3n) is 0.869. The van der Waals surface area contributed by atoms with Gasteiger partial charge in [-0.15, -0.1) is 6.20 Å². The maximum Gasteiger partial charge on any atom is 1.00 e. The van der Waals surface area contributed by atoms with E-state index in [1.54, 1.807) is 6.33 Å². The number of imidazole rings is 1. The molecule has 0 unspecified atom stereocenters. The summed E-state index contributed by atoms with van der Waals surface area (Å²) in [7, 11) is 0. The van der Waals surface area contributed by atoms with Crippen LogP contribution < -0.4 is 58.2 Å². The number of hydrogen-bond donors (Lipinski definition) is 0. The Morgan fingerprint density at radius 1 is 1.50 bits per heavy atom. The summed E-state index contributed by atoms with van der Waals surface area (Å²) in [6.45, 7) is 7.05. The van der Waals surface area contributed by atoms with Crippen molar-refractivity contribution in [2.45, 2.75) is 27.3 Å². The van der Waals surface area contributed by atoms with E-state index in [0.717, 1.165) is 6.54 Å². The van der Waals surface area contributed by atoms with Gasteiger partial charge >= 0.3 is 58.2 Å². The summed E-state index contributed by atoms with van der Waals surface area (Å²) in [5.74, 6) is 0. The average molecular weight is 211 g/mol. The Labute approximate surface area is 112 Å². The van der Waals surface area contributed by atoms with Crippen LogP contribution in [-0.4, -0.2) is 9.55 Å². The van der Waals surface area contributed by atoms with Crippen molar-refractivity contribution in [2.75, 3.05) is 0 Å². The molecule has 0 aliphatic carbocycles. The standard InChI is InChI=1S/C5H7N2.C2H6.Rb/c1-2-7-4-3-6-5-7;1-2;/h4-5H,2H2,1H3;1-2H3;/q-1;;+1. The Morgan fingerprint density at radius 3 is 2.30 bits per heavy atom. The summed E-state index contributed by atoms with van der Waals surface area (Å²) in [6.07, 6.45) is 6.26. The molecule has 0 aliphatic rings. The molecule has 0 saturated carbocycles. The van der Waals surface area contributed by atoms with Crippen LogP contribution in [0, 0.1) is 6.20 Å². The van der Waals surface area contributed by atoms with Crippen LogP contribution in [0.3, 0.4) is 0 Å². The fourth-order valence-electron chi connectivity index (χ4n) is 0.421. The minimum Gasteiger partial charge on any atom is -0.442 e.